The van der Waals surface area contributed by atoms with Crippen LogP contribution >= 0.6 is 11.8 Å². The van der Waals surface area contributed by atoms with E-state index in [1.807, 2.05) is 66.7 Å². The molecule has 46 heavy (non-hydrogen) atoms. The number of benzene rings is 2. The number of aromatic nitrogens is 1. The normalized spacial score (nSPS) is 14.7. The van der Waals surface area contributed by atoms with Crippen LogP contribution in [0.3, 0.4) is 0 Å². The molecule has 0 aliphatic carbocycles. The molecule has 3 aromatic rings. The van der Waals surface area contributed by atoms with Gasteiger partial charge in [-0.25, -0.2) is 14.6 Å². The molecule has 0 bridgehead atoms. The number of aliphatic carboxylic acids is 2. The van der Waals surface area contributed by atoms with Crippen LogP contribution in [0.25, 0.3) is 0 Å². The van der Waals surface area contributed by atoms with Gasteiger partial charge in [-0.1, -0.05) is 18.2 Å². The van der Waals surface area contributed by atoms with Gasteiger partial charge in [0.2, 0.25) is 5.91 Å². The minimum Gasteiger partial charge on any atom is -0.475 e. The van der Waals surface area contributed by atoms with Gasteiger partial charge in [0.15, 0.2) is 0 Å². The fourth-order valence-electron chi connectivity index (χ4n) is 3.34. The van der Waals surface area contributed by atoms with Gasteiger partial charge in [-0.3, -0.25) is 4.79 Å². The number of amides is 1. The number of nitrogens with two attached hydrogens (primary N) is 1. The standard InChI is InChI=1S/C24H23N5O2S.2C2HF3O2/c25-14-19-15-32-16-29(19)24(30)22(26)13-17-4-8-20(9-5-17)31-21-10-6-18(7-11-21)28-23-3-1-2-12-27-23;2*3-2(4,5)1(6)7/h1-12,19,22H,13,15-16,26H2,(H,27,28);2*(H,6,7)/t19-,22+;;/m1../s1. The molecule has 0 spiro atoms. The van der Waals surface area contributed by atoms with Crippen molar-refractivity contribution in [2.24, 2.45) is 5.73 Å². The van der Waals surface area contributed by atoms with Crippen molar-refractivity contribution in [1.29, 1.82) is 5.26 Å². The molecule has 1 saturated heterocycles. The van der Waals surface area contributed by atoms with Gasteiger partial charge in [-0.15, -0.1) is 11.8 Å². The van der Waals surface area contributed by atoms with Crippen molar-refractivity contribution < 1.29 is 55.7 Å². The molecule has 1 aromatic heterocycles. The first-order valence-corrected chi connectivity index (χ1v) is 13.8. The number of thioether (sulfide) groups is 1. The fourth-order valence-corrected chi connectivity index (χ4v) is 4.43. The first-order valence-electron chi connectivity index (χ1n) is 12.7. The van der Waals surface area contributed by atoms with Crippen LogP contribution in [0.15, 0.2) is 72.9 Å². The van der Waals surface area contributed by atoms with Crippen LogP contribution in [0.2, 0.25) is 0 Å². The van der Waals surface area contributed by atoms with Crippen molar-refractivity contribution in [3.05, 3.63) is 78.5 Å². The highest BCUT2D eigenvalue weighted by Gasteiger charge is 2.39. The molecule has 2 heterocycles. The third-order valence-corrected chi connectivity index (χ3v) is 6.54. The summed E-state index contributed by atoms with van der Waals surface area (Å²) in [6.45, 7) is 0. The number of nitrogens with one attached hydrogen (secondary N) is 1. The molecule has 2 atom stereocenters. The van der Waals surface area contributed by atoms with Gasteiger partial charge >= 0.3 is 24.3 Å². The van der Waals surface area contributed by atoms with Crippen molar-refractivity contribution in [3.8, 4) is 17.6 Å². The number of carboxylic acid groups (broad SMARTS) is 2. The minimum absolute atomic E-state index is 0.179. The van der Waals surface area contributed by atoms with Crippen molar-refractivity contribution in [2.75, 3.05) is 16.9 Å². The third-order valence-electron chi connectivity index (χ3n) is 5.52. The van der Waals surface area contributed by atoms with E-state index in [4.69, 9.17) is 30.3 Å². The minimum atomic E-state index is -5.08. The molecule has 1 aliphatic heterocycles. The molecule has 5 N–H and O–H groups in total. The first kappa shape index (κ1) is 37.2. The average molecular weight is 674 g/mol. The van der Waals surface area contributed by atoms with E-state index in [2.05, 4.69) is 16.4 Å². The summed E-state index contributed by atoms with van der Waals surface area (Å²) in [5, 5.41) is 26.6. The number of nitrogens with zero attached hydrogens (tertiary/aromatic N) is 3. The Morgan fingerprint density at radius 1 is 0.978 bits per heavy atom. The van der Waals surface area contributed by atoms with Crippen molar-refractivity contribution >= 4 is 41.1 Å². The average Bonchev–Trinajstić information content (AvgIpc) is 3.48. The summed E-state index contributed by atoms with van der Waals surface area (Å²) in [6.07, 6.45) is -8.02. The van der Waals surface area contributed by atoms with Crippen LogP contribution in [0.5, 0.6) is 11.5 Å². The van der Waals surface area contributed by atoms with Crippen LogP contribution < -0.4 is 15.8 Å². The zero-order valence-electron chi connectivity index (χ0n) is 23.3. The SMILES string of the molecule is N#C[C@@H]1CSCN1C(=O)[C@@H](N)Cc1ccc(Oc2ccc(Nc3ccccn3)cc2)cc1.O=C(O)C(F)(F)F.O=C(O)C(F)(F)F. The molecule has 0 unspecified atom stereocenters. The van der Waals surface area contributed by atoms with E-state index in [1.165, 1.54) is 0 Å². The Morgan fingerprint density at radius 2 is 1.50 bits per heavy atom. The Hall–Kier alpha value is -5.02. The number of rotatable bonds is 7. The highest BCUT2D eigenvalue weighted by molar-refractivity contribution is 7.99. The van der Waals surface area contributed by atoms with Crippen LogP contribution in [0.1, 0.15) is 5.56 Å². The topological polar surface area (TPSA) is 179 Å². The smallest absolute Gasteiger partial charge is 0.475 e. The fraction of sp³-hybridized carbons (Fsp3) is 0.250. The van der Waals surface area contributed by atoms with Gasteiger partial charge in [0.1, 0.15) is 23.4 Å². The Morgan fingerprint density at radius 3 is 1.96 bits per heavy atom. The zero-order valence-corrected chi connectivity index (χ0v) is 24.1. The summed E-state index contributed by atoms with van der Waals surface area (Å²) in [7, 11) is 0. The molecule has 2 aromatic carbocycles. The molecule has 18 heteroatoms. The second-order valence-electron chi connectivity index (χ2n) is 8.98. The molecule has 1 amide bonds. The van der Waals surface area contributed by atoms with Crippen molar-refractivity contribution in [3.63, 3.8) is 0 Å². The van der Waals surface area contributed by atoms with Gasteiger partial charge in [-0.2, -0.15) is 31.6 Å². The molecular formula is C28H25F6N5O6S. The molecule has 4 rings (SSSR count). The van der Waals surface area contributed by atoms with Crippen LogP contribution in [-0.2, 0) is 20.8 Å². The number of halogens is 6. The Labute approximate surface area is 261 Å². The lowest BCUT2D eigenvalue weighted by atomic mass is 10.0. The molecule has 246 valence electrons. The number of pyridine rings is 1. The van der Waals surface area contributed by atoms with Gasteiger partial charge in [0, 0.05) is 17.6 Å². The van der Waals surface area contributed by atoms with E-state index < -0.39 is 30.3 Å². The maximum absolute atomic E-state index is 12.6. The Balaban J connectivity index is 0.000000440. The number of carbonyl (C=O) groups excluding carboxylic acids is 1. The molecule has 0 radical (unpaired) electrons. The largest absolute Gasteiger partial charge is 0.490 e. The first-order chi connectivity index (χ1) is 21.5. The second-order valence-corrected chi connectivity index (χ2v) is 9.98. The van der Waals surface area contributed by atoms with E-state index in [9.17, 15) is 36.4 Å². The van der Waals surface area contributed by atoms with Gasteiger partial charge in [0.05, 0.1) is 18.0 Å². The number of anilines is 2. The Bertz CT molecular complexity index is 1460. The lowest BCUT2D eigenvalue weighted by Gasteiger charge is -2.22. The lowest BCUT2D eigenvalue weighted by molar-refractivity contribution is -0.193. The number of nitriles is 1. The highest BCUT2D eigenvalue weighted by Crippen LogP contribution is 2.25. The maximum atomic E-state index is 12.6. The Kier molecular flexibility index (Phi) is 13.6. The van der Waals surface area contributed by atoms with Gasteiger partial charge in [0.25, 0.3) is 0 Å². The predicted molar refractivity (Wildman–Crippen MR) is 153 cm³/mol. The summed E-state index contributed by atoms with van der Waals surface area (Å²) < 4.78 is 69.4. The molecule has 0 saturated carbocycles. The number of alkyl halides is 6. The van der Waals surface area contributed by atoms with Gasteiger partial charge < -0.3 is 30.9 Å². The van der Waals surface area contributed by atoms with Crippen molar-refractivity contribution in [2.45, 2.75) is 30.9 Å². The van der Waals surface area contributed by atoms with E-state index in [0.717, 1.165) is 17.1 Å². The molecular weight excluding hydrogens is 648 g/mol. The van der Waals surface area contributed by atoms with E-state index in [0.29, 0.717) is 29.5 Å². The molecule has 1 aliphatic rings. The molecule has 1 fully saturated rings. The lowest BCUT2D eigenvalue weighted by Crippen LogP contribution is -2.47. The number of hydrogen-bond donors (Lipinski definition) is 4. The van der Waals surface area contributed by atoms with E-state index in [1.54, 1.807) is 22.9 Å². The number of carbonyl (C=O) groups is 3. The summed E-state index contributed by atoms with van der Waals surface area (Å²) in [5.41, 5.74) is 7.98. The summed E-state index contributed by atoms with van der Waals surface area (Å²) in [4.78, 5) is 36.2. The summed E-state index contributed by atoms with van der Waals surface area (Å²) in [5.74, 6) is -2.35. The monoisotopic (exact) mass is 673 g/mol. The van der Waals surface area contributed by atoms with Crippen LogP contribution in [0.4, 0.5) is 37.8 Å². The summed E-state index contributed by atoms with van der Waals surface area (Å²) >= 11 is 1.57. The number of carboxylic acids is 2. The van der Waals surface area contributed by atoms with Gasteiger partial charge in [-0.05, 0) is 60.5 Å². The number of ether oxygens (including phenoxy) is 1. The van der Waals surface area contributed by atoms with E-state index >= 15 is 0 Å². The van der Waals surface area contributed by atoms with Crippen molar-refractivity contribution in [1.82, 2.24) is 9.88 Å². The van der Waals surface area contributed by atoms with E-state index in [-0.39, 0.29) is 11.9 Å². The maximum Gasteiger partial charge on any atom is 0.490 e. The van der Waals surface area contributed by atoms with Crippen LogP contribution in [0, 0.1) is 11.3 Å². The third kappa shape index (κ3) is 12.5. The summed E-state index contributed by atoms with van der Waals surface area (Å²) in [6, 6.07) is 21.9. The quantitative estimate of drug-likeness (QED) is 0.243. The number of hydrogen-bond acceptors (Lipinski definition) is 9. The highest BCUT2D eigenvalue weighted by atomic mass is 32.2. The predicted octanol–water partition coefficient (Wildman–Crippen LogP) is 5.18. The molecule has 11 nitrogen and oxygen atoms in total. The van der Waals surface area contributed by atoms with Crippen LogP contribution in [-0.4, -0.2) is 74.0 Å². The second kappa shape index (κ2) is 16.9. The zero-order chi connectivity index (χ0) is 34.5.